The Morgan fingerprint density at radius 3 is 2.40 bits per heavy atom. The maximum Gasteiger partial charge on any atom is 0.329 e. The van der Waals surface area contributed by atoms with Crippen LogP contribution in [0.25, 0.3) is 0 Å². The van der Waals surface area contributed by atoms with Crippen molar-refractivity contribution in [3.8, 4) is 16.6 Å². The number of ether oxygens (including phenoxy) is 4. The third-order valence-corrected chi connectivity index (χ3v) is 7.54. The maximum atomic E-state index is 14.2. The molecule has 0 aliphatic carbocycles. The summed E-state index contributed by atoms with van der Waals surface area (Å²) in [6.45, 7) is 2.49. The Kier molecular flexibility index (Phi) is 8.66. The van der Waals surface area contributed by atoms with Gasteiger partial charge in [0.2, 0.25) is 6.10 Å². The minimum atomic E-state index is -0.926. The van der Waals surface area contributed by atoms with Gasteiger partial charge in [-0.05, 0) is 41.6 Å². The topological polar surface area (TPSA) is 74.3 Å². The molecule has 1 aliphatic rings. The fourth-order valence-corrected chi connectivity index (χ4v) is 5.43. The molecule has 2 heterocycles. The van der Waals surface area contributed by atoms with E-state index in [0.717, 1.165) is 16.7 Å². The standard InChI is InChI=1S/C32H31NO6S/c1-3-37-32(35)26-19-25-24(16-17-27(36-2)30(25)38-21-22-11-6-4-7-12-22)20-33(26)31(34)29(23-13-8-5-9-14-23)39-28-15-10-18-40-28/h4-18,26,29H,3,19-21H2,1-2H3/t26-,29-/m0/s1. The first-order valence-electron chi connectivity index (χ1n) is 13.2. The highest BCUT2D eigenvalue weighted by atomic mass is 32.1. The van der Waals surface area contributed by atoms with Gasteiger partial charge in [-0.25, -0.2) is 4.79 Å². The molecule has 0 fully saturated rings. The van der Waals surface area contributed by atoms with E-state index >= 15 is 0 Å². The molecular weight excluding hydrogens is 526 g/mol. The zero-order valence-corrected chi connectivity index (χ0v) is 23.3. The lowest BCUT2D eigenvalue weighted by Gasteiger charge is -2.38. The Hall–Kier alpha value is -4.30. The molecule has 0 saturated heterocycles. The smallest absolute Gasteiger partial charge is 0.329 e. The van der Waals surface area contributed by atoms with Crippen LogP contribution in [0.1, 0.15) is 35.3 Å². The quantitative estimate of drug-likeness (QED) is 0.224. The molecule has 8 heteroatoms. The Balaban J connectivity index is 1.51. The van der Waals surface area contributed by atoms with Crippen LogP contribution in [0.3, 0.4) is 0 Å². The number of esters is 1. The summed E-state index contributed by atoms with van der Waals surface area (Å²) in [5, 5.41) is 2.51. The van der Waals surface area contributed by atoms with Crippen LogP contribution in [-0.4, -0.2) is 36.5 Å². The average molecular weight is 558 g/mol. The summed E-state index contributed by atoms with van der Waals surface area (Å²) in [6.07, 6.45) is -0.702. The van der Waals surface area contributed by atoms with Crippen molar-refractivity contribution in [3.05, 3.63) is 113 Å². The van der Waals surface area contributed by atoms with E-state index in [1.807, 2.05) is 90.3 Å². The fraction of sp³-hybridized carbons (Fsp3) is 0.250. The van der Waals surface area contributed by atoms with Crippen LogP contribution in [0.2, 0.25) is 0 Å². The lowest BCUT2D eigenvalue weighted by atomic mass is 9.91. The summed E-state index contributed by atoms with van der Waals surface area (Å²) >= 11 is 1.41. The van der Waals surface area contributed by atoms with Crippen LogP contribution >= 0.6 is 11.3 Å². The van der Waals surface area contributed by atoms with Gasteiger partial charge < -0.3 is 23.8 Å². The van der Waals surface area contributed by atoms with Crippen LogP contribution in [0.4, 0.5) is 0 Å². The van der Waals surface area contributed by atoms with Gasteiger partial charge in [0, 0.05) is 24.1 Å². The first kappa shape index (κ1) is 27.3. The van der Waals surface area contributed by atoms with E-state index in [1.165, 1.54) is 11.3 Å². The highest BCUT2D eigenvalue weighted by Crippen LogP contribution is 2.40. The monoisotopic (exact) mass is 557 g/mol. The van der Waals surface area contributed by atoms with Crippen molar-refractivity contribution < 1.29 is 28.5 Å². The molecule has 1 aliphatic heterocycles. The Labute approximate surface area is 237 Å². The predicted octanol–water partition coefficient (Wildman–Crippen LogP) is 5.97. The zero-order chi connectivity index (χ0) is 27.9. The number of amides is 1. The Morgan fingerprint density at radius 2 is 1.73 bits per heavy atom. The molecule has 0 N–H and O–H groups in total. The number of rotatable bonds is 10. The number of thiophene rings is 1. The van der Waals surface area contributed by atoms with E-state index in [0.29, 0.717) is 28.7 Å². The molecular formula is C32H31NO6S. The lowest BCUT2D eigenvalue weighted by molar-refractivity contribution is -0.158. The van der Waals surface area contributed by atoms with Crippen LogP contribution < -0.4 is 14.2 Å². The van der Waals surface area contributed by atoms with E-state index in [4.69, 9.17) is 18.9 Å². The summed E-state index contributed by atoms with van der Waals surface area (Å²) in [5.74, 6) is 0.354. The van der Waals surface area contributed by atoms with Gasteiger partial charge in [0.05, 0.1) is 13.7 Å². The highest BCUT2D eigenvalue weighted by Gasteiger charge is 2.41. The highest BCUT2D eigenvalue weighted by molar-refractivity contribution is 7.11. The zero-order valence-electron chi connectivity index (χ0n) is 22.4. The van der Waals surface area contributed by atoms with Crippen molar-refractivity contribution in [2.24, 2.45) is 0 Å². The normalized spacial score (nSPS) is 15.1. The number of fused-ring (bicyclic) bond motifs is 1. The first-order chi connectivity index (χ1) is 19.6. The summed E-state index contributed by atoms with van der Waals surface area (Å²) in [5.41, 5.74) is 3.41. The number of carbonyl (C=O) groups is 2. The van der Waals surface area contributed by atoms with E-state index in [2.05, 4.69) is 0 Å². The van der Waals surface area contributed by atoms with E-state index < -0.39 is 18.1 Å². The van der Waals surface area contributed by atoms with Gasteiger partial charge in [-0.2, -0.15) is 0 Å². The number of methoxy groups -OCH3 is 1. The second-order valence-electron chi connectivity index (χ2n) is 9.29. The molecule has 0 saturated carbocycles. The number of benzene rings is 3. The molecule has 2 atom stereocenters. The predicted molar refractivity (Wildman–Crippen MR) is 153 cm³/mol. The molecule has 1 amide bonds. The van der Waals surface area contributed by atoms with Gasteiger partial charge in [-0.3, -0.25) is 4.79 Å². The second kappa shape index (κ2) is 12.7. The molecule has 1 aromatic heterocycles. The van der Waals surface area contributed by atoms with Crippen molar-refractivity contribution in [1.29, 1.82) is 0 Å². The molecule has 3 aromatic carbocycles. The summed E-state index contributed by atoms with van der Waals surface area (Å²) < 4.78 is 23.6. The molecule has 0 unspecified atom stereocenters. The molecule has 7 nitrogen and oxygen atoms in total. The van der Waals surface area contributed by atoms with Crippen molar-refractivity contribution in [2.75, 3.05) is 13.7 Å². The van der Waals surface area contributed by atoms with Crippen LogP contribution in [0.5, 0.6) is 16.6 Å². The average Bonchev–Trinajstić information content (AvgIpc) is 3.52. The van der Waals surface area contributed by atoms with Gasteiger partial charge in [0.15, 0.2) is 16.6 Å². The third-order valence-electron chi connectivity index (χ3n) is 6.78. The number of hydrogen-bond donors (Lipinski definition) is 0. The third kappa shape index (κ3) is 5.97. The Morgan fingerprint density at radius 1 is 0.975 bits per heavy atom. The summed E-state index contributed by atoms with van der Waals surface area (Å²) in [6, 6.07) is 25.8. The van der Waals surface area contributed by atoms with E-state index in [9.17, 15) is 9.59 Å². The van der Waals surface area contributed by atoms with Crippen LogP contribution in [0, 0.1) is 0 Å². The van der Waals surface area contributed by atoms with Crippen LogP contribution in [0.15, 0.2) is 90.3 Å². The van der Waals surface area contributed by atoms with Crippen LogP contribution in [-0.2, 0) is 33.9 Å². The van der Waals surface area contributed by atoms with Gasteiger partial charge in [0.25, 0.3) is 5.91 Å². The van der Waals surface area contributed by atoms with Gasteiger partial charge >= 0.3 is 5.97 Å². The SMILES string of the molecule is CCOC(=O)[C@@H]1Cc2c(ccc(OC)c2OCc2ccccc2)CN1C(=O)[C@@H](Oc1cccs1)c1ccccc1. The van der Waals surface area contributed by atoms with Gasteiger partial charge in [0.1, 0.15) is 12.6 Å². The Bertz CT molecular complexity index is 1420. The van der Waals surface area contributed by atoms with Crippen molar-refractivity contribution in [3.63, 3.8) is 0 Å². The lowest BCUT2D eigenvalue weighted by Crippen LogP contribution is -2.51. The van der Waals surface area contributed by atoms with Gasteiger partial charge in [-0.15, -0.1) is 11.3 Å². The first-order valence-corrected chi connectivity index (χ1v) is 14.0. The largest absolute Gasteiger partial charge is 0.493 e. The summed E-state index contributed by atoms with van der Waals surface area (Å²) in [4.78, 5) is 29.1. The fourth-order valence-electron chi connectivity index (χ4n) is 4.83. The number of nitrogens with zero attached hydrogens (tertiary/aromatic N) is 1. The molecule has 206 valence electrons. The molecule has 5 rings (SSSR count). The molecule has 0 bridgehead atoms. The number of hydrogen-bond acceptors (Lipinski definition) is 7. The molecule has 0 radical (unpaired) electrons. The van der Waals surface area contributed by atoms with Crippen molar-refractivity contribution in [1.82, 2.24) is 4.90 Å². The second-order valence-corrected chi connectivity index (χ2v) is 10.2. The molecule has 4 aromatic rings. The minimum Gasteiger partial charge on any atom is -0.493 e. The summed E-state index contributed by atoms with van der Waals surface area (Å²) in [7, 11) is 1.59. The van der Waals surface area contributed by atoms with E-state index in [1.54, 1.807) is 18.9 Å². The molecule has 40 heavy (non-hydrogen) atoms. The molecule has 0 spiro atoms. The van der Waals surface area contributed by atoms with Crippen molar-refractivity contribution in [2.45, 2.75) is 38.6 Å². The van der Waals surface area contributed by atoms with Gasteiger partial charge in [-0.1, -0.05) is 66.7 Å². The minimum absolute atomic E-state index is 0.195. The van der Waals surface area contributed by atoms with Crippen molar-refractivity contribution >= 4 is 23.2 Å². The van der Waals surface area contributed by atoms with E-state index in [-0.39, 0.29) is 25.5 Å². The maximum absolute atomic E-state index is 14.2. The number of carbonyl (C=O) groups excluding carboxylic acids is 2.